The maximum atomic E-state index is 9.31. The van der Waals surface area contributed by atoms with Crippen LogP contribution in [0.4, 0.5) is 5.69 Å². The van der Waals surface area contributed by atoms with Crippen LogP contribution in [0.1, 0.15) is 5.56 Å². The summed E-state index contributed by atoms with van der Waals surface area (Å²) in [7, 11) is 6.91. The van der Waals surface area contributed by atoms with E-state index in [2.05, 4.69) is 11.1 Å². The summed E-state index contributed by atoms with van der Waals surface area (Å²) >= 11 is 0. The van der Waals surface area contributed by atoms with Gasteiger partial charge in [0.1, 0.15) is 19.3 Å². The van der Waals surface area contributed by atoms with Crippen molar-refractivity contribution in [2.45, 2.75) is 0 Å². The van der Waals surface area contributed by atoms with Crippen molar-refractivity contribution in [3.63, 3.8) is 0 Å². The minimum atomic E-state index is 0.363. The number of methoxy groups -OCH3 is 2. The second-order valence-corrected chi connectivity index (χ2v) is 4.82. The molecule has 0 radical (unpaired) electrons. The number of hydrogen-bond donors (Lipinski definition) is 0. The van der Waals surface area contributed by atoms with Crippen molar-refractivity contribution in [3.05, 3.63) is 17.7 Å². The van der Waals surface area contributed by atoms with Gasteiger partial charge in [-0.25, -0.2) is 4.99 Å². The van der Waals surface area contributed by atoms with Gasteiger partial charge in [0.05, 0.1) is 30.8 Å². The van der Waals surface area contributed by atoms with E-state index >= 15 is 0 Å². The molecule has 23 heavy (non-hydrogen) atoms. The van der Waals surface area contributed by atoms with Crippen molar-refractivity contribution in [3.8, 4) is 17.6 Å². The summed E-state index contributed by atoms with van der Waals surface area (Å²) in [5.41, 5.74) is 0.933. The Morgan fingerprint density at radius 2 is 1.61 bits per heavy atom. The smallest absolute Gasteiger partial charge is 0.163 e. The lowest BCUT2D eigenvalue weighted by atomic mass is 10.1. The maximum absolute atomic E-state index is 9.31. The first kappa shape index (κ1) is 18.7. The third-order valence-corrected chi connectivity index (χ3v) is 2.70. The maximum Gasteiger partial charge on any atom is 0.163 e. The first-order valence-corrected chi connectivity index (χ1v) is 7.14. The molecule has 1 rings (SSSR count). The van der Waals surface area contributed by atoms with E-state index in [4.69, 9.17) is 18.9 Å². The van der Waals surface area contributed by atoms with E-state index in [1.54, 1.807) is 37.6 Å². The van der Waals surface area contributed by atoms with Crippen molar-refractivity contribution in [2.24, 2.45) is 4.99 Å². The molecule has 0 aliphatic carbocycles. The molecule has 0 spiro atoms. The minimum absolute atomic E-state index is 0.363. The Kier molecular flexibility index (Phi) is 8.50. The van der Waals surface area contributed by atoms with Crippen molar-refractivity contribution < 1.29 is 18.9 Å². The van der Waals surface area contributed by atoms with Crippen molar-refractivity contribution in [1.29, 1.82) is 5.26 Å². The van der Waals surface area contributed by atoms with Crippen LogP contribution in [0.3, 0.4) is 0 Å². The summed E-state index contributed by atoms with van der Waals surface area (Å²) in [5.74, 6) is 1.00. The molecule has 0 heterocycles. The first-order valence-electron chi connectivity index (χ1n) is 7.14. The summed E-state index contributed by atoms with van der Waals surface area (Å²) in [4.78, 5) is 6.08. The predicted molar refractivity (Wildman–Crippen MR) is 87.7 cm³/mol. The van der Waals surface area contributed by atoms with Crippen molar-refractivity contribution in [2.75, 3.05) is 54.7 Å². The van der Waals surface area contributed by atoms with E-state index in [0.29, 0.717) is 49.2 Å². The molecule has 0 saturated heterocycles. The molecule has 0 unspecified atom stereocenters. The van der Waals surface area contributed by atoms with Gasteiger partial charge in [-0.05, 0) is 0 Å². The molecule has 0 bridgehead atoms. The fourth-order valence-corrected chi connectivity index (χ4v) is 1.62. The Morgan fingerprint density at radius 1 is 1.04 bits per heavy atom. The van der Waals surface area contributed by atoms with Crippen LogP contribution in [-0.4, -0.2) is 66.0 Å². The molecule has 0 atom stereocenters. The number of ether oxygens (including phenoxy) is 4. The van der Waals surface area contributed by atoms with Crippen molar-refractivity contribution in [1.82, 2.24) is 4.90 Å². The van der Waals surface area contributed by atoms with Gasteiger partial charge < -0.3 is 23.8 Å². The van der Waals surface area contributed by atoms with Gasteiger partial charge in [0.2, 0.25) is 0 Å². The molecule has 1 aromatic rings. The largest absolute Gasteiger partial charge is 0.487 e. The lowest BCUT2D eigenvalue weighted by molar-refractivity contribution is 0.132. The molecule has 0 fully saturated rings. The van der Waals surface area contributed by atoms with Gasteiger partial charge in [0, 0.05) is 40.4 Å². The molecule has 0 saturated carbocycles. The Labute approximate surface area is 137 Å². The molecule has 0 amide bonds. The SMILES string of the molecule is COCCOc1cc(C#N)c(/N=C/N(C)C)cc1OCCOC. The lowest BCUT2D eigenvalue weighted by Crippen LogP contribution is -2.09. The zero-order valence-corrected chi connectivity index (χ0v) is 14.0. The second-order valence-electron chi connectivity index (χ2n) is 4.82. The highest BCUT2D eigenvalue weighted by Gasteiger charge is 2.12. The van der Waals surface area contributed by atoms with Crippen LogP contribution in [0.15, 0.2) is 17.1 Å². The van der Waals surface area contributed by atoms with Gasteiger partial charge in [-0.3, -0.25) is 0 Å². The minimum Gasteiger partial charge on any atom is -0.487 e. The Hall–Kier alpha value is -2.30. The summed E-state index contributed by atoms with van der Waals surface area (Å²) in [6, 6.07) is 5.44. The highest BCUT2D eigenvalue weighted by Crippen LogP contribution is 2.35. The molecule has 0 aliphatic heterocycles. The van der Waals surface area contributed by atoms with E-state index in [1.165, 1.54) is 0 Å². The third-order valence-electron chi connectivity index (χ3n) is 2.70. The summed E-state index contributed by atoms with van der Waals surface area (Å²) in [6.07, 6.45) is 1.63. The van der Waals surface area contributed by atoms with Crippen LogP contribution in [0, 0.1) is 11.3 Å². The van der Waals surface area contributed by atoms with Gasteiger partial charge in [0.15, 0.2) is 11.5 Å². The van der Waals surface area contributed by atoms with Gasteiger partial charge in [-0.1, -0.05) is 0 Å². The average molecular weight is 321 g/mol. The Balaban J connectivity index is 3.08. The van der Waals surface area contributed by atoms with Crippen LogP contribution in [0.25, 0.3) is 0 Å². The number of aliphatic imine (C=N–C) groups is 1. The highest BCUT2D eigenvalue weighted by molar-refractivity contribution is 5.68. The number of nitriles is 1. The highest BCUT2D eigenvalue weighted by atomic mass is 16.5. The summed E-state index contributed by atoms with van der Waals surface area (Å²) in [5, 5.41) is 9.31. The molecule has 7 nitrogen and oxygen atoms in total. The zero-order chi connectivity index (χ0) is 17.1. The topological polar surface area (TPSA) is 76.3 Å². The van der Waals surface area contributed by atoms with E-state index in [9.17, 15) is 5.26 Å². The molecule has 126 valence electrons. The molecular formula is C16H23N3O4. The van der Waals surface area contributed by atoms with Gasteiger partial charge in [0.25, 0.3) is 0 Å². The van der Waals surface area contributed by atoms with Crippen LogP contribution in [-0.2, 0) is 9.47 Å². The van der Waals surface area contributed by atoms with E-state index < -0.39 is 0 Å². The average Bonchev–Trinajstić information content (AvgIpc) is 2.54. The third kappa shape index (κ3) is 6.55. The summed E-state index contributed by atoms with van der Waals surface area (Å²) < 4.78 is 21.2. The fraction of sp³-hybridized carbons (Fsp3) is 0.500. The molecular weight excluding hydrogens is 298 g/mol. The molecule has 1 aromatic carbocycles. The standard InChI is InChI=1S/C16H23N3O4/c1-19(2)12-18-14-10-16(23-8-6-21-4)15(9-13(14)11-17)22-7-5-20-3/h9-10,12H,5-8H2,1-4H3/b18-12+. The zero-order valence-electron chi connectivity index (χ0n) is 14.0. The lowest BCUT2D eigenvalue weighted by Gasteiger charge is -2.14. The second kappa shape index (κ2) is 10.4. The van der Waals surface area contributed by atoms with Gasteiger partial charge in [-0.15, -0.1) is 0 Å². The number of benzene rings is 1. The van der Waals surface area contributed by atoms with E-state index in [1.807, 2.05) is 14.1 Å². The molecule has 7 heteroatoms. The predicted octanol–water partition coefficient (Wildman–Crippen LogP) is 1.83. The molecule has 0 aromatic heterocycles. The molecule has 0 N–H and O–H groups in total. The van der Waals surface area contributed by atoms with E-state index in [-0.39, 0.29) is 0 Å². The van der Waals surface area contributed by atoms with Crippen LogP contribution in [0.5, 0.6) is 11.5 Å². The van der Waals surface area contributed by atoms with Crippen LogP contribution in [0.2, 0.25) is 0 Å². The fourth-order valence-electron chi connectivity index (χ4n) is 1.62. The Bertz CT molecular complexity index is 553. The van der Waals surface area contributed by atoms with Crippen molar-refractivity contribution >= 4 is 12.0 Å². The van der Waals surface area contributed by atoms with Gasteiger partial charge >= 0.3 is 0 Å². The Morgan fingerprint density at radius 3 is 2.09 bits per heavy atom. The van der Waals surface area contributed by atoms with E-state index in [0.717, 1.165) is 0 Å². The first-order chi connectivity index (χ1) is 11.1. The van der Waals surface area contributed by atoms with Crippen LogP contribution >= 0.6 is 0 Å². The number of rotatable bonds is 10. The monoisotopic (exact) mass is 321 g/mol. The number of nitrogens with zero attached hydrogens (tertiary/aromatic N) is 3. The normalized spacial score (nSPS) is 10.6. The quantitative estimate of drug-likeness (QED) is 0.372. The van der Waals surface area contributed by atoms with Crippen LogP contribution < -0.4 is 9.47 Å². The van der Waals surface area contributed by atoms with Gasteiger partial charge in [-0.2, -0.15) is 5.26 Å². The summed E-state index contributed by atoms with van der Waals surface area (Å²) in [6.45, 7) is 1.63. The molecule has 0 aliphatic rings. The number of hydrogen-bond acceptors (Lipinski definition) is 6.